The number of nitrogens with one attached hydrogen (secondary N) is 1. The minimum atomic E-state index is -0.900. The van der Waals surface area contributed by atoms with Crippen LogP contribution in [0.15, 0.2) is 84.0 Å². The average Bonchev–Trinajstić information content (AvgIpc) is 3.07. The molecule has 0 aliphatic carbocycles. The van der Waals surface area contributed by atoms with Crippen molar-refractivity contribution < 1.29 is 4.79 Å². The lowest BCUT2D eigenvalue weighted by Gasteiger charge is -2.11. The van der Waals surface area contributed by atoms with Gasteiger partial charge >= 0.3 is 0 Å². The van der Waals surface area contributed by atoms with Gasteiger partial charge in [0.15, 0.2) is 5.92 Å². The number of carbonyl (C=O) groups is 1. The molecule has 0 saturated heterocycles. The number of nitrogens with zero attached hydrogens (tertiary/aromatic N) is 3. The summed E-state index contributed by atoms with van der Waals surface area (Å²) in [6.07, 6.45) is 1.62. The third-order valence-corrected chi connectivity index (χ3v) is 5.36. The number of nitriles is 1. The molecule has 0 fully saturated rings. The normalized spacial score (nSPS) is 12.0. The van der Waals surface area contributed by atoms with Crippen LogP contribution in [0.5, 0.6) is 0 Å². The molecular weight excluding hydrogens is 384 g/mol. The lowest BCUT2D eigenvalue weighted by molar-refractivity contribution is -0.121. The van der Waals surface area contributed by atoms with Gasteiger partial charge in [0.1, 0.15) is 0 Å². The molecule has 0 spiro atoms. The summed E-state index contributed by atoms with van der Waals surface area (Å²) in [5, 5.41) is 15.9. The van der Waals surface area contributed by atoms with Crippen molar-refractivity contribution in [3.8, 4) is 11.8 Å². The van der Waals surface area contributed by atoms with Gasteiger partial charge in [-0.05, 0) is 48.4 Å². The van der Waals surface area contributed by atoms with Crippen LogP contribution in [0.2, 0.25) is 0 Å². The number of rotatable bonds is 5. The highest BCUT2D eigenvalue weighted by Crippen LogP contribution is 2.23. The number of benzene rings is 3. The molecule has 5 heteroatoms. The molecule has 31 heavy (non-hydrogen) atoms. The molecule has 5 nitrogen and oxygen atoms in total. The molecule has 0 radical (unpaired) electrons. The Balaban J connectivity index is 1.55. The van der Waals surface area contributed by atoms with Gasteiger partial charge in [-0.2, -0.15) is 10.4 Å². The molecular formula is C26H22N4O. The molecule has 1 atom stereocenters. The number of amides is 1. The van der Waals surface area contributed by atoms with Crippen molar-refractivity contribution in [1.82, 2.24) is 9.99 Å². The Hall–Kier alpha value is -4.17. The van der Waals surface area contributed by atoms with E-state index in [1.54, 1.807) is 30.5 Å². The van der Waals surface area contributed by atoms with E-state index in [0.29, 0.717) is 5.56 Å². The molecule has 1 aromatic heterocycles. The van der Waals surface area contributed by atoms with Gasteiger partial charge in [0.25, 0.3) is 5.91 Å². The van der Waals surface area contributed by atoms with Crippen LogP contribution in [0.1, 0.15) is 28.4 Å². The highest BCUT2D eigenvalue weighted by molar-refractivity contribution is 5.89. The van der Waals surface area contributed by atoms with Gasteiger partial charge < -0.3 is 4.57 Å². The summed E-state index contributed by atoms with van der Waals surface area (Å²) in [5.74, 6) is -1.35. The summed E-state index contributed by atoms with van der Waals surface area (Å²) in [6.45, 7) is 4.06. The Kier molecular flexibility index (Phi) is 5.63. The largest absolute Gasteiger partial charge is 0.318 e. The molecule has 0 unspecified atom stereocenters. The molecule has 0 aliphatic heterocycles. The lowest BCUT2D eigenvalue weighted by atomic mass is 10.0. The standard InChI is InChI=1S/C26H22N4O/c1-18-14-23(17-28-29-26(31)25(16-27)21-9-4-3-5-10-21)19(2)30(18)24-13-12-20-8-6-7-11-22(20)15-24/h3-15,17,25H,1-2H3,(H,29,31)/b28-17-/t25-/m1/s1. The van der Waals surface area contributed by atoms with Crippen LogP contribution in [-0.2, 0) is 4.79 Å². The van der Waals surface area contributed by atoms with E-state index in [0.717, 1.165) is 22.6 Å². The maximum atomic E-state index is 12.4. The Morgan fingerprint density at radius 3 is 2.45 bits per heavy atom. The van der Waals surface area contributed by atoms with Crippen molar-refractivity contribution in [3.05, 3.63) is 101 Å². The first kappa shape index (κ1) is 20.1. The molecule has 4 aromatic rings. The van der Waals surface area contributed by atoms with Gasteiger partial charge in [-0.25, -0.2) is 5.43 Å². The summed E-state index contributed by atoms with van der Waals surface area (Å²) < 4.78 is 2.16. The number of hydrogen-bond donors (Lipinski definition) is 1. The zero-order chi connectivity index (χ0) is 21.8. The molecule has 3 aromatic carbocycles. The maximum absolute atomic E-state index is 12.4. The van der Waals surface area contributed by atoms with E-state index in [-0.39, 0.29) is 0 Å². The molecule has 1 heterocycles. The number of fused-ring (bicyclic) bond motifs is 1. The topological polar surface area (TPSA) is 70.2 Å². The predicted octanol–water partition coefficient (Wildman–Crippen LogP) is 5.00. The lowest BCUT2D eigenvalue weighted by Crippen LogP contribution is -2.24. The predicted molar refractivity (Wildman–Crippen MR) is 123 cm³/mol. The first-order valence-corrected chi connectivity index (χ1v) is 10.0. The van der Waals surface area contributed by atoms with Gasteiger partial charge in [-0.3, -0.25) is 4.79 Å². The summed E-state index contributed by atoms with van der Waals surface area (Å²) in [7, 11) is 0. The van der Waals surface area contributed by atoms with Crippen LogP contribution in [-0.4, -0.2) is 16.7 Å². The van der Waals surface area contributed by atoms with E-state index in [2.05, 4.69) is 45.4 Å². The van der Waals surface area contributed by atoms with Crippen LogP contribution in [0, 0.1) is 25.2 Å². The van der Waals surface area contributed by atoms with E-state index in [9.17, 15) is 10.1 Å². The second-order valence-electron chi connectivity index (χ2n) is 7.40. The highest BCUT2D eigenvalue weighted by Gasteiger charge is 2.19. The molecule has 0 aliphatic rings. The molecule has 1 amide bonds. The molecule has 0 bridgehead atoms. The van der Waals surface area contributed by atoms with Crippen molar-refractivity contribution >= 4 is 22.9 Å². The molecule has 0 saturated carbocycles. The van der Waals surface area contributed by atoms with Crippen LogP contribution in [0.25, 0.3) is 16.5 Å². The zero-order valence-electron chi connectivity index (χ0n) is 17.4. The fourth-order valence-electron chi connectivity index (χ4n) is 3.79. The number of hydrogen-bond acceptors (Lipinski definition) is 3. The smallest absolute Gasteiger partial charge is 0.261 e. The third kappa shape index (κ3) is 4.10. The number of hydrazone groups is 1. The van der Waals surface area contributed by atoms with Crippen LogP contribution < -0.4 is 5.43 Å². The van der Waals surface area contributed by atoms with E-state index in [1.807, 2.05) is 44.2 Å². The Labute approximate surface area is 181 Å². The van der Waals surface area contributed by atoms with Crippen molar-refractivity contribution in [2.75, 3.05) is 0 Å². The van der Waals surface area contributed by atoms with Crippen LogP contribution in [0.4, 0.5) is 0 Å². The summed E-state index contributed by atoms with van der Waals surface area (Å²) in [4.78, 5) is 12.4. The van der Waals surface area contributed by atoms with Gasteiger partial charge in [0.2, 0.25) is 0 Å². The van der Waals surface area contributed by atoms with E-state index < -0.39 is 11.8 Å². The number of carbonyl (C=O) groups excluding carboxylic acids is 1. The molecule has 1 N–H and O–H groups in total. The second-order valence-corrected chi connectivity index (χ2v) is 7.40. The average molecular weight is 406 g/mol. The number of aromatic nitrogens is 1. The van der Waals surface area contributed by atoms with Crippen molar-refractivity contribution in [2.24, 2.45) is 5.10 Å². The first-order chi connectivity index (χ1) is 15.1. The van der Waals surface area contributed by atoms with Crippen LogP contribution in [0.3, 0.4) is 0 Å². The Bertz CT molecular complexity index is 1310. The van der Waals surface area contributed by atoms with E-state index in [4.69, 9.17) is 0 Å². The SMILES string of the molecule is Cc1cc(/C=N\NC(=O)[C@H](C#N)c2ccccc2)c(C)n1-c1ccc2ccccc2c1. The Morgan fingerprint density at radius 2 is 1.71 bits per heavy atom. The second kappa shape index (κ2) is 8.68. The summed E-state index contributed by atoms with van der Waals surface area (Å²) >= 11 is 0. The van der Waals surface area contributed by atoms with Crippen molar-refractivity contribution in [1.29, 1.82) is 5.26 Å². The quantitative estimate of drug-likeness (QED) is 0.374. The highest BCUT2D eigenvalue weighted by atomic mass is 16.2. The summed E-state index contributed by atoms with van der Waals surface area (Å²) in [5.41, 5.74) is 7.21. The monoisotopic (exact) mass is 406 g/mol. The third-order valence-electron chi connectivity index (χ3n) is 5.36. The van der Waals surface area contributed by atoms with E-state index in [1.165, 1.54) is 10.8 Å². The van der Waals surface area contributed by atoms with Crippen molar-refractivity contribution in [2.45, 2.75) is 19.8 Å². The summed E-state index contributed by atoms with van der Waals surface area (Å²) in [6, 6.07) is 27.7. The zero-order valence-corrected chi connectivity index (χ0v) is 17.4. The maximum Gasteiger partial charge on any atom is 0.261 e. The minimum absolute atomic E-state index is 0.451. The first-order valence-electron chi connectivity index (χ1n) is 10.0. The van der Waals surface area contributed by atoms with Gasteiger partial charge in [-0.1, -0.05) is 60.7 Å². The van der Waals surface area contributed by atoms with E-state index >= 15 is 0 Å². The van der Waals surface area contributed by atoms with Crippen molar-refractivity contribution in [3.63, 3.8) is 0 Å². The van der Waals surface area contributed by atoms with Gasteiger partial charge in [-0.15, -0.1) is 0 Å². The fourth-order valence-corrected chi connectivity index (χ4v) is 3.79. The molecule has 152 valence electrons. The Morgan fingerprint density at radius 1 is 1.00 bits per heavy atom. The van der Waals surface area contributed by atoms with Gasteiger partial charge in [0, 0.05) is 22.6 Å². The van der Waals surface area contributed by atoms with Gasteiger partial charge in [0.05, 0.1) is 12.3 Å². The molecule has 4 rings (SSSR count). The van der Waals surface area contributed by atoms with Crippen LogP contribution >= 0.6 is 0 Å². The minimum Gasteiger partial charge on any atom is -0.318 e. The number of aryl methyl sites for hydroxylation is 1. The fraction of sp³-hybridized carbons (Fsp3) is 0.115.